The number of benzene rings is 1. The molecule has 150 valence electrons. The minimum atomic E-state index is 0.0453. The summed E-state index contributed by atoms with van der Waals surface area (Å²) in [5.74, 6) is 0.191. The van der Waals surface area contributed by atoms with Crippen LogP contribution in [0, 0.1) is 12.3 Å². The summed E-state index contributed by atoms with van der Waals surface area (Å²) in [7, 11) is 0. The number of aliphatic hydroxyl groups excluding tert-OH is 1. The first kappa shape index (κ1) is 19.2. The van der Waals surface area contributed by atoms with Crippen LogP contribution in [0.3, 0.4) is 0 Å². The molecule has 1 aromatic carbocycles. The van der Waals surface area contributed by atoms with Crippen molar-refractivity contribution in [3.8, 4) is 5.69 Å². The Hall–Kier alpha value is -2.18. The van der Waals surface area contributed by atoms with Gasteiger partial charge in [0.15, 0.2) is 0 Å². The van der Waals surface area contributed by atoms with E-state index in [1.54, 1.807) is 0 Å². The second-order valence-electron chi connectivity index (χ2n) is 8.49. The average molecular weight is 383 g/mol. The third kappa shape index (κ3) is 4.13. The molecule has 0 bridgehead atoms. The fraction of sp³-hybridized carbons (Fsp3) is 0.545. The number of amides is 1. The Kier molecular flexibility index (Phi) is 5.51. The van der Waals surface area contributed by atoms with Gasteiger partial charge >= 0.3 is 0 Å². The topological polar surface area (TPSA) is 61.6 Å². The molecule has 0 aliphatic carbocycles. The van der Waals surface area contributed by atoms with Crippen LogP contribution in [0.4, 0.5) is 0 Å². The van der Waals surface area contributed by atoms with Crippen molar-refractivity contribution in [1.82, 2.24) is 19.6 Å². The molecule has 2 fully saturated rings. The molecule has 2 aliphatic rings. The molecular formula is C22H30N4O2. The van der Waals surface area contributed by atoms with Crippen LogP contribution < -0.4 is 0 Å². The first-order valence-electron chi connectivity index (χ1n) is 10.3. The van der Waals surface area contributed by atoms with Crippen molar-refractivity contribution < 1.29 is 9.90 Å². The Morgan fingerprint density at radius 2 is 2.14 bits per heavy atom. The number of piperidine rings is 2. The van der Waals surface area contributed by atoms with Crippen molar-refractivity contribution in [1.29, 1.82) is 0 Å². The summed E-state index contributed by atoms with van der Waals surface area (Å²) < 4.78 is 1.95. The summed E-state index contributed by atoms with van der Waals surface area (Å²) in [6.45, 7) is 6.37. The van der Waals surface area contributed by atoms with Gasteiger partial charge in [0, 0.05) is 49.8 Å². The van der Waals surface area contributed by atoms with Gasteiger partial charge in [0.05, 0.1) is 18.5 Å². The van der Waals surface area contributed by atoms with E-state index in [-0.39, 0.29) is 17.9 Å². The number of nitrogens with zero attached hydrogens (tertiary/aromatic N) is 4. The second-order valence-corrected chi connectivity index (χ2v) is 8.49. The number of aliphatic hydroxyl groups is 1. The third-order valence-corrected chi connectivity index (χ3v) is 6.17. The van der Waals surface area contributed by atoms with E-state index in [1.165, 1.54) is 17.5 Å². The molecule has 1 amide bonds. The molecule has 1 N–H and O–H groups in total. The van der Waals surface area contributed by atoms with E-state index < -0.39 is 0 Å². The average Bonchev–Trinajstić information content (AvgIpc) is 3.14. The van der Waals surface area contributed by atoms with Crippen LogP contribution >= 0.6 is 0 Å². The van der Waals surface area contributed by atoms with Crippen LogP contribution in [0.5, 0.6) is 0 Å². The lowest BCUT2D eigenvalue weighted by Crippen LogP contribution is -2.54. The van der Waals surface area contributed by atoms with Gasteiger partial charge in [-0.1, -0.05) is 12.1 Å². The van der Waals surface area contributed by atoms with Crippen molar-refractivity contribution >= 4 is 5.91 Å². The van der Waals surface area contributed by atoms with E-state index >= 15 is 0 Å². The molecule has 2 saturated heterocycles. The van der Waals surface area contributed by atoms with Gasteiger partial charge in [0.1, 0.15) is 0 Å². The summed E-state index contributed by atoms with van der Waals surface area (Å²) in [4.78, 5) is 16.5. The van der Waals surface area contributed by atoms with Crippen LogP contribution in [0.25, 0.3) is 5.69 Å². The highest BCUT2D eigenvalue weighted by Gasteiger charge is 2.41. The monoisotopic (exact) mass is 382 g/mol. The quantitative estimate of drug-likeness (QED) is 0.863. The second kappa shape index (κ2) is 8.05. The maximum absolute atomic E-state index is 12.1. The molecule has 6 heteroatoms. The predicted octanol–water partition coefficient (Wildman–Crippen LogP) is 2.38. The first-order valence-corrected chi connectivity index (χ1v) is 10.3. The number of hydrogen-bond acceptors (Lipinski definition) is 4. The Labute approximate surface area is 166 Å². The highest BCUT2D eigenvalue weighted by Crippen LogP contribution is 2.39. The van der Waals surface area contributed by atoms with Crippen LogP contribution in [0.15, 0.2) is 36.7 Å². The molecule has 0 saturated carbocycles. The fourth-order valence-corrected chi connectivity index (χ4v) is 4.82. The molecule has 28 heavy (non-hydrogen) atoms. The molecular weight excluding hydrogens is 352 g/mol. The number of β-amino-alcohol motifs (C(OH)–C–C–N with tert-alkyl or cyclic N) is 1. The summed E-state index contributed by atoms with van der Waals surface area (Å²) in [5.41, 5.74) is 3.71. The van der Waals surface area contributed by atoms with E-state index in [0.717, 1.165) is 44.7 Å². The molecule has 6 nitrogen and oxygen atoms in total. The standard InChI is InChI=1S/C22H30N4O2/c1-18-4-2-5-20(12-18)26-15-19(13-23-26)14-24-9-3-7-22(16-24)8-6-21(28)25(17-22)10-11-27/h2,4-5,12-13,15,27H,3,6-11,14,16-17H2,1H3/t22-/m1/s1. The number of carbonyl (C=O) groups is 1. The lowest BCUT2D eigenvalue weighted by atomic mass is 9.73. The number of aryl methyl sites for hydroxylation is 1. The SMILES string of the molecule is Cc1cccc(-n2cc(CN3CCC[C@@]4(CCC(=O)N(CCO)C4)C3)cn2)c1. The normalized spacial score (nSPS) is 23.5. The van der Waals surface area contributed by atoms with Crippen molar-refractivity contribution in [2.24, 2.45) is 5.41 Å². The number of rotatable bonds is 5. The highest BCUT2D eigenvalue weighted by molar-refractivity contribution is 5.77. The maximum Gasteiger partial charge on any atom is 0.222 e. The Bertz CT molecular complexity index is 833. The van der Waals surface area contributed by atoms with E-state index in [4.69, 9.17) is 0 Å². The van der Waals surface area contributed by atoms with Gasteiger partial charge < -0.3 is 10.0 Å². The Balaban J connectivity index is 1.42. The molecule has 1 aromatic heterocycles. The molecule has 0 radical (unpaired) electrons. The molecule has 1 spiro atoms. The molecule has 1 atom stereocenters. The first-order chi connectivity index (χ1) is 13.6. The molecule has 2 aromatic rings. The Morgan fingerprint density at radius 1 is 1.25 bits per heavy atom. The summed E-state index contributed by atoms with van der Waals surface area (Å²) in [5, 5.41) is 13.8. The molecule has 2 aliphatic heterocycles. The molecule has 0 unspecified atom stereocenters. The van der Waals surface area contributed by atoms with Gasteiger partial charge in [-0.25, -0.2) is 4.68 Å². The number of likely N-dealkylation sites (tertiary alicyclic amines) is 2. The van der Waals surface area contributed by atoms with Gasteiger partial charge in [-0.05, 0) is 50.4 Å². The maximum atomic E-state index is 12.1. The number of aromatic nitrogens is 2. The van der Waals surface area contributed by atoms with E-state index in [0.29, 0.717) is 13.0 Å². The Morgan fingerprint density at radius 3 is 2.96 bits per heavy atom. The molecule has 3 heterocycles. The van der Waals surface area contributed by atoms with Gasteiger partial charge in [-0.15, -0.1) is 0 Å². The zero-order valence-corrected chi connectivity index (χ0v) is 16.7. The van der Waals surface area contributed by atoms with E-state index in [9.17, 15) is 9.90 Å². The zero-order chi connectivity index (χ0) is 19.6. The minimum Gasteiger partial charge on any atom is -0.395 e. The zero-order valence-electron chi connectivity index (χ0n) is 16.7. The van der Waals surface area contributed by atoms with Gasteiger partial charge in [0.2, 0.25) is 5.91 Å². The van der Waals surface area contributed by atoms with Crippen LogP contribution in [-0.2, 0) is 11.3 Å². The van der Waals surface area contributed by atoms with Crippen LogP contribution in [0.2, 0.25) is 0 Å². The lowest BCUT2D eigenvalue weighted by molar-refractivity contribution is -0.140. The van der Waals surface area contributed by atoms with Gasteiger partial charge in [0.25, 0.3) is 0 Å². The highest BCUT2D eigenvalue weighted by atomic mass is 16.3. The van der Waals surface area contributed by atoms with Crippen molar-refractivity contribution in [3.05, 3.63) is 47.8 Å². The van der Waals surface area contributed by atoms with E-state index in [2.05, 4.69) is 47.4 Å². The summed E-state index contributed by atoms with van der Waals surface area (Å²) >= 11 is 0. The van der Waals surface area contributed by atoms with Crippen LogP contribution in [0.1, 0.15) is 36.8 Å². The third-order valence-electron chi connectivity index (χ3n) is 6.17. The van der Waals surface area contributed by atoms with Gasteiger partial charge in [-0.2, -0.15) is 5.10 Å². The number of carbonyl (C=O) groups excluding carboxylic acids is 1. The molecule has 4 rings (SSSR count). The van der Waals surface area contributed by atoms with Crippen molar-refractivity contribution in [2.45, 2.75) is 39.2 Å². The predicted molar refractivity (Wildman–Crippen MR) is 108 cm³/mol. The van der Waals surface area contributed by atoms with Crippen LogP contribution in [-0.4, -0.2) is 63.4 Å². The van der Waals surface area contributed by atoms with E-state index in [1.807, 2.05) is 15.8 Å². The minimum absolute atomic E-state index is 0.0453. The number of hydrogen-bond donors (Lipinski definition) is 1. The smallest absolute Gasteiger partial charge is 0.222 e. The fourth-order valence-electron chi connectivity index (χ4n) is 4.82. The summed E-state index contributed by atoms with van der Waals surface area (Å²) in [6, 6.07) is 8.37. The summed E-state index contributed by atoms with van der Waals surface area (Å²) in [6.07, 6.45) is 7.99. The lowest BCUT2D eigenvalue weighted by Gasteiger charge is -2.48. The van der Waals surface area contributed by atoms with Crippen molar-refractivity contribution in [3.63, 3.8) is 0 Å². The van der Waals surface area contributed by atoms with Crippen molar-refractivity contribution in [2.75, 3.05) is 32.8 Å². The largest absolute Gasteiger partial charge is 0.395 e. The van der Waals surface area contributed by atoms with Gasteiger partial charge in [-0.3, -0.25) is 9.69 Å².